The van der Waals surface area contributed by atoms with Crippen LogP contribution < -0.4 is 0 Å². The molecular formula is C62H69N9O4. The zero-order chi connectivity index (χ0) is 53.9. The van der Waals surface area contributed by atoms with E-state index in [1.54, 1.807) is 26.0 Å². The van der Waals surface area contributed by atoms with Crippen LogP contribution in [-0.4, -0.2) is 66.4 Å². The predicted octanol–water partition coefficient (Wildman–Crippen LogP) is 11.7. The lowest BCUT2D eigenvalue weighted by Crippen LogP contribution is -1.99. The highest BCUT2D eigenvalue weighted by molar-refractivity contribution is 5.91. The Balaban J connectivity index is 0.000000164. The average Bonchev–Trinajstić information content (AvgIpc) is 4.04. The van der Waals surface area contributed by atoms with E-state index in [0.29, 0.717) is 6.42 Å². The van der Waals surface area contributed by atoms with E-state index in [1.165, 1.54) is 27.8 Å². The number of carboxylic acids is 1. The summed E-state index contributed by atoms with van der Waals surface area (Å²) in [6.45, 7) is 21.8. The highest BCUT2D eigenvalue weighted by Crippen LogP contribution is 2.25. The molecule has 6 aromatic heterocycles. The Morgan fingerprint density at radius 1 is 0.480 bits per heavy atom. The monoisotopic (exact) mass is 1000 g/mol. The zero-order valence-corrected chi connectivity index (χ0v) is 45.3. The number of carbonyl (C=O) groups excluding carboxylic acids is 2. The molecule has 0 atom stereocenters. The van der Waals surface area contributed by atoms with Crippen LogP contribution in [0.15, 0.2) is 103 Å². The van der Waals surface area contributed by atoms with Crippen LogP contribution in [0.4, 0.5) is 0 Å². The number of hydrogen-bond acceptors (Lipinski definition) is 9. The van der Waals surface area contributed by atoms with E-state index in [2.05, 4.69) is 83.1 Å². The molecule has 3 aromatic carbocycles. The van der Waals surface area contributed by atoms with Crippen LogP contribution >= 0.6 is 0 Å². The molecule has 13 nitrogen and oxygen atoms in total. The van der Waals surface area contributed by atoms with Gasteiger partial charge in [0.1, 0.15) is 5.78 Å². The molecule has 0 amide bonds. The number of ketones is 2. The largest absolute Gasteiger partial charge is 0.478 e. The number of carbonyl (C=O) groups is 3. The van der Waals surface area contributed by atoms with Crippen molar-refractivity contribution < 1.29 is 19.5 Å². The lowest BCUT2D eigenvalue weighted by atomic mass is 10.0. The minimum Gasteiger partial charge on any atom is -0.478 e. The van der Waals surface area contributed by atoms with Crippen LogP contribution in [0.25, 0.3) is 29.1 Å². The van der Waals surface area contributed by atoms with Gasteiger partial charge < -0.3 is 9.90 Å². The molecule has 6 heterocycles. The first-order valence-electron chi connectivity index (χ1n) is 25.8. The normalized spacial score (nSPS) is 11.4. The molecule has 0 saturated carbocycles. The Hall–Kier alpha value is -8.19. The van der Waals surface area contributed by atoms with E-state index in [4.69, 9.17) is 35.4 Å². The van der Waals surface area contributed by atoms with Crippen molar-refractivity contribution in [1.29, 1.82) is 0 Å². The van der Waals surface area contributed by atoms with E-state index in [9.17, 15) is 14.4 Å². The number of hydrogen-bond donors (Lipinski definition) is 1. The molecule has 1 N–H and O–H groups in total. The molecule has 75 heavy (non-hydrogen) atoms. The van der Waals surface area contributed by atoms with Gasteiger partial charge in [-0.05, 0) is 145 Å². The van der Waals surface area contributed by atoms with Crippen molar-refractivity contribution in [1.82, 2.24) is 43.8 Å². The number of aryl methyl sites for hydroxylation is 10. The lowest BCUT2D eigenvalue weighted by molar-refractivity contribution is -0.131. The lowest BCUT2D eigenvalue weighted by Gasteiger charge is -2.05. The second-order valence-corrected chi connectivity index (χ2v) is 19.3. The fourth-order valence-corrected chi connectivity index (χ4v) is 9.25. The molecule has 0 fully saturated rings. The third kappa shape index (κ3) is 13.9. The summed E-state index contributed by atoms with van der Waals surface area (Å²) in [5, 5.41) is 22.9. The zero-order valence-electron chi connectivity index (χ0n) is 45.3. The van der Waals surface area contributed by atoms with E-state index < -0.39 is 5.97 Å². The van der Waals surface area contributed by atoms with Gasteiger partial charge in [0.25, 0.3) is 0 Å². The number of nitrogens with zero attached hydrogens (tertiary/aromatic N) is 9. The first-order valence-corrected chi connectivity index (χ1v) is 25.8. The van der Waals surface area contributed by atoms with Gasteiger partial charge in [0.2, 0.25) is 0 Å². The number of rotatable bonds is 16. The minimum absolute atomic E-state index is 0.0554. The quantitative estimate of drug-likeness (QED) is 0.0922. The van der Waals surface area contributed by atoms with Crippen molar-refractivity contribution in [2.45, 2.75) is 128 Å². The fourth-order valence-electron chi connectivity index (χ4n) is 9.25. The maximum absolute atomic E-state index is 11.1. The number of allylic oxidation sites excluding steroid dienone is 1. The summed E-state index contributed by atoms with van der Waals surface area (Å²) < 4.78 is 5.83. The smallest absolute Gasteiger partial charge is 0.328 e. The van der Waals surface area contributed by atoms with E-state index in [-0.39, 0.29) is 11.6 Å². The minimum atomic E-state index is -0.945. The topological polar surface area (TPSA) is 162 Å². The molecule has 0 radical (unpaired) electrons. The molecule has 0 bridgehead atoms. The van der Waals surface area contributed by atoms with E-state index in [0.717, 1.165) is 141 Å². The first kappa shape index (κ1) is 54.6. The number of benzene rings is 3. The SMILES string of the molecule is CCc1nn2c(C)cc(C)nc2c1Cc1ccc(/C=C/C(=O)O)cc1.CCc1nn2c(C)cc(C)nc2c1Cc1ccc(/C=C/C(C)=O)cc1.CCc1nn2c(C)cc(C)nc2c1Cc1ccc(CCC(C)=O)cc1. The number of fused-ring (bicyclic) bond motifs is 3. The standard InChI is InChI=1S/C21H25N3O.C21H23N3O.C20H21N3O2/c2*1-5-20-19(21-22-14(2)12-15(3)24(21)23-20)13-18-10-8-17(9-11-18)7-6-16(4)25;1-4-18-17(20-21-13(2)11-14(3)23(20)22-18)12-16-7-5-15(6-8-16)9-10-19(24)25/h8-12H,5-7,13H2,1-4H3;6-12H,5,13H2,1-4H3;5-11H,4,12H2,1-3H3,(H,24,25)/b;7-6+;10-9+. The van der Waals surface area contributed by atoms with Crippen LogP contribution in [0.1, 0.15) is 142 Å². The highest BCUT2D eigenvalue weighted by atomic mass is 16.4. The molecule has 0 unspecified atom stereocenters. The van der Waals surface area contributed by atoms with Crippen LogP contribution in [0.5, 0.6) is 0 Å². The molecule has 9 rings (SSSR count). The number of aromatic nitrogens is 9. The van der Waals surface area contributed by atoms with Gasteiger partial charge in [-0.15, -0.1) is 0 Å². The maximum Gasteiger partial charge on any atom is 0.328 e. The van der Waals surface area contributed by atoms with Gasteiger partial charge in [0.15, 0.2) is 22.7 Å². The van der Waals surface area contributed by atoms with Crippen LogP contribution in [0.3, 0.4) is 0 Å². The van der Waals surface area contributed by atoms with Crippen molar-refractivity contribution in [3.8, 4) is 0 Å². The van der Waals surface area contributed by atoms with Gasteiger partial charge in [-0.25, -0.2) is 33.3 Å². The Morgan fingerprint density at radius 2 is 0.800 bits per heavy atom. The van der Waals surface area contributed by atoms with Crippen molar-refractivity contribution in [3.63, 3.8) is 0 Å². The van der Waals surface area contributed by atoms with Gasteiger partial charge in [0, 0.05) is 82.6 Å². The first-order chi connectivity index (χ1) is 35.9. The van der Waals surface area contributed by atoms with Crippen LogP contribution in [0.2, 0.25) is 0 Å². The molecule has 9 aromatic rings. The molecular weight excluding hydrogens is 935 g/mol. The van der Waals surface area contributed by atoms with Gasteiger partial charge in [-0.3, -0.25) is 4.79 Å². The molecule has 0 spiro atoms. The summed E-state index contributed by atoms with van der Waals surface area (Å²) >= 11 is 0. The Labute approximate surface area is 440 Å². The number of aliphatic carboxylic acids is 1. The van der Waals surface area contributed by atoms with Crippen LogP contribution in [0, 0.1) is 41.5 Å². The number of Topliss-reactive ketones (excluding diaryl/α,β-unsaturated/α-hetero) is 1. The van der Waals surface area contributed by atoms with Gasteiger partial charge in [0.05, 0.1) is 17.1 Å². The Bertz CT molecular complexity index is 3400. The summed E-state index contributed by atoms with van der Waals surface area (Å²) in [4.78, 5) is 46.9. The molecule has 13 heteroatoms. The molecule has 0 aliphatic carbocycles. The third-order valence-corrected chi connectivity index (χ3v) is 13.0. The molecule has 0 aliphatic rings. The second-order valence-electron chi connectivity index (χ2n) is 19.3. The van der Waals surface area contributed by atoms with E-state index in [1.807, 2.05) is 89.8 Å². The van der Waals surface area contributed by atoms with Crippen LogP contribution in [-0.2, 0) is 59.3 Å². The third-order valence-electron chi connectivity index (χ3n) is 13.0. The van der Waals surface area contributed by atoms with Gasteiger partial charge in [-0.1, -0.05) is 99.6 Å². The maximum atomic E-state index is 11.1. The van der Waals surface area contributed by atoms with Crippen molar-refractivity contribution in [3.05, 3.63) is 204 Å². The van der Waals surface area contributed by atoms with Gasteiger partial charge >= 0.3 is 5.97 Å². The average molecular weight is 1000 g/mol. The van der Waals surface area contributed by atoms with Gasteiger partial charge in [-0.2, -0.15) is 15.3 Å². The molecule has 0 saturated heterocycles. The van der Waals surface area contributed by atoms with Crippen molar-refractivity contribution in [2.24, 2.45) is 0 Å². The second kappa shape index (κ2) is 24.7. The molecule has 0 aliphatic heterocycles. The summed E-state index contributed by atoms with van der Waals surface area (Å²) in [5.41, 5.74) is 22.7. The predicted molar refractivity (Wildman–Crippen MR) is 299 cm³/mol. The van der Waals surface area contributed by atoms with E-state index >= 15 is 0 Å². The summed E-state index contributed by atoms with van der Waals surface area (Å²) in [6.07, 6.45) is 12.6. The van der Waals surface area contributed by atoms with Crippen molar-refractivity contribution >= 4 is 46.6 Å². The summed E-state index contributed by atoms with van der Waals surface area (Å²) in [5.74, 6) is -0.653. The Kier molecular flexibility index (Phi) is 18.0. The number of carboxylic acid groups (broad SMARTS) is 1. The Morgan fingerprint density at radius 3 is 1.11 bits per heavy atom. The highest BCUT2D eigenvalue weighted by Gasteiger charge is 2.18. The molecule has 386 valence electrons. The fraction of sp³-hybridized carbons (Fsp3) is 0.306. The summed E-state index contributed by atoms with van der Waals surface area (Å²) in [6, 6.07) is 30.9. The van der Waals surface area contributed by atoms with Crippen molar-refractivity contribution in [2.75, 3.05) is 0 Å². The summed E-state index contributed by atoms with van der Waals surface area (Å²) in [7, 11) is 0.